The summed E-state index contributed by atoms with van der Waals surface area (Å²) < 4.78 is 1.97. The van der Waals surface area contributed by atoms with Crippen molar-refractivity contribution < 1.29 is 0 Å². The van der Waals surface area contributed by atoms with E-state index in [9.17, 15) is 0 Å². The molecule has 0 spiro atoms. The van der Waals surface area contributed by atoms with Crippen LogP contribution in [0.5, 0.6) is 0 Å². The van der Waals surface area contributed by atoms with E-state index in [1.54, 1.807) is 0 Å². The maximum Gasteiger partial charge on any atom is 0.119 e. The van der Waals surface area contributed by atoms with Gasteiger partial charge in [-0.3, -0.25) is 4.68 Å². The second kappa shape index (κ2) is 8.72. The highest BCUT2D eigenvalue weighted by Gasteiger charge is 2.39. The lowest BCUT2D eigenvalue weighted by Gasteiger charge is -2.53. The van der Waals surface area contributed by atoms with Gasteiger partial charge in [-0.15, -0.1) is 0 Å². The Kier molecular flexibility index (Phi) is 6.94. The van der Waals surface area contributed by atoms with Gasteiger partial charge < -0.3 is 17.2 Å². The Hall–Kier alpha value is -1.03. The second-order valence-corrected chi connectivity index (χ2v) is 5.97. The molecule has 132 valence electrons. The largest absolute Gasteiger partial charge is 0.303 e. The number of rotatable bonds is 8. The first-order valence-electron chi connectivity index (χ1n) is 8.61. The molecular formula is C15H32N8. The van der Waals surface area contributed by atoms with Crippen LogP contribution >= 0.6 is 0 Å². The Balaban J connectivity index is 1.81. The summed E-state index contributed by atoms with van der Waals surface area (Å²) in [5.41, 5.74) is 19.0. The van der Waals surface area contributed by atoms with Gasteiger partial charge in [0.05, 0.1) is 0 Å². The van der Waals surface area contributed by atoms with Crippen LogP contribution in [0, 0.1) is 0 Å². The van der Waals surface area contributed by atoms with E-state index in [-0.39, 0.29) is 18.9 Å². The molecule has 1 aromatic rings. The zero-order valence-corrected chi connectivity index (χ0v) is 14.4. The molecule has 1 fully saturated rings. The first-order valence-corrected chi connectivity index (χ1v) is 8.61. The van der Waals surface area contributed by atoms with Crippen LogP contribution in [0.1, 0.15) is 33.1 Å². The molecule has 2 rings (SSSR count). The Morgan fingerprint density at radius 3 is 1.91 bits per heavy atom. The smallest absolute Gasteiger partial charge is 0.119 e. The maximum absolute atomic E-state index is 6.37. The fourth-order valence-corrected chi connectivity index (χ4v) is 3.23. The lowest BCUT2D eigenvalue weighted by molar-refractivity contribution is -0.165. The SMILES string of the molecule is CCN1C(N)N(CC)C(N)N(CCCCCn2cccn2)C1N. The van der Waals surface area contributed by atoms with Gasteiger partial charge in [0.1, 0.15) is 18.9 Å². The Labute approximate surface area is 139 Å². The summed E-state index contributed by atoms with van der Waals surface area (Å²) in [5.74, 6) is 0. The summed E-state index contributed by atoms with van der Waals surface area (Å²) >= 11 is 0. The van der Waals surface area contributed by atoms with E-state index in [4.69, 9.17) is 17.2 Å². The minimum Gasteiger partial charge on any atom is -0.303 e. The van der Waals surface area contributed by atoms with Gasteiger partial charge in [-0.2, -0.15) is 5.10 Å². The van der Waals surface area contributed by atoms with Crippen molar-refractivity contribution in [3.05, 3.63) is 18.5 Å². The summed E-state index contributed by atoms with van der Waals surface area (Å²) in [4.78, 5) is 6.30. The number of nitrogens with zero attached hydrogens (tertiary/aromatic N) is 5. The lowest BCUT2D eigenvalue weighted by atomic mass is 10.2. The van der Waals surface area contributed by atoms with Gasteiger partial charge >= 0.3 is 0 Å². The van der Waals surface area contributed by atoms with Gasteiger partial charge in [0.2, 0.25) is 0 Å². The summed E-state index contributed by atoms with van der Waals surface area (Å²) in [6, 6.07) is 1.95. The van der Waals surface area contributed by atoms with Gasteiger partial charge in [-0.25, -0.2) is 14.7 Å². The normalized spacial score (nSPS) is 27.6. The van der Waals surface area contributed by atoms with Crippen molar-refractivity contribution in [2.45, 2.75) is 58.5 Å². The molecule has 23 heavy (non-hydrogen) atoms. The molecule has 0 aliphatic carbocycles. The van der Waals surface area contributed by atoms with E-state index in [1.165, 1.54) is 0 Å². The van der Waals surface area contributed by atoms with Gasteiger partial charge in [0.25, 0.3) is 0 Å². The minimum absolute atomic E-state index is 0.217. The van der Waals surface area contributed by atoms with Crippen molar-refractivity contribution >= 4 is 0 Å². The molecule has 0 amide bonds. The van der Waals surface area contributed by atoms with Crippen molar-refractivity contribution in [1.82, 2.24) is 24.5 Å². The molecule has 2 atom stereocenters. The molecule has 8 heteroatoms. The lowest BCUT2D eigenvalue weighted by Crippen LogP contribution is -2.77. The number of hydrogen-bond donors (Lipinski definition) is 3. The van der Waals surface area contributed by atoms with E-state index in [0.29, 0.717) is 0 Å². The number of aromatic nitrogens is 2. The highest BCUT2D eigenvalue weighted by molar-refractivity contribution is 4.83. The van der Waals surface area contributed by atoms with E-state index in [0.717, 1.165) is 45.4 Å². The standard InChI is InChI=1S/C15H32N8/c1-3-21-13(16)22(4-2)15(18)23(14(21)17)12-7-5-6-10-20-11-8-9-19-20/h8-9,11,13-15H,3-7,10,12,16-18H2,1-2H3. The zero-order valence-electron chi connectivity index (χ0n) is 14.4. The topological polar surface area (TPSA) is 106 Å². The van der Waals surface area contributed by atoms with Gasteiger partial charge in [-0.1, -0.05) is 20.3 Å². The molecule has 1 saturated heterocycles. The number of hydrogen-bond acceptors (Lipinski definition) is 7. The highest BCUT2D eigenvalue weighted by Crippen LogP contribution is 2.19. The fraction of sp³-hybridized carbons (Fsp3) is 0.800. The average molecular weight is 324 g/mol. The fourth-order valence-electron chi connectivity index (χ4n) is 3.23. The molecule has 1 aromatic heterocycles. The van der Waals surface area contributed by atoms with E-state index < -0.39 is 0 Å². The monoisotopic (exact) mass is 324 g/mol. The third-order valence-corrected chi connectivity index (χ3v) is 4.63. The van der Waals surface area contributed by atoms with E-state index >= 15 is 0 Å². The third-order valence-electron chi connectivity index (χ3n) is 4.63. The van der Waals surface area contributed by atoms with Crippen molar-refractivity contribution in [2.75, 3.05) is 19.6 Å². The first-order chi connectivity index (χ1) is 11.1. The van der Waals surface area contributed by atoms with Crippen LogP contribution in [0.4, 0.5) is 0 Å². The van der Waals surface area contributed by atoms with Crippen LogP contribution in [-0.4, -0.2) is 63.0 Å². The first kappa shape index (κ1) is 18.3. The van der Waals surface area contributed by atoms with Gasteiger partial charge in [0.15, 0.2) is 0 Å². The highest BCUT2D eigenvalue weighted by atomic mass is 15.6. The van der Waals surface area contributed by atoms with Crippen LogP contribution < -0.4 is 17.2 Å². The third kappa shape index (κ3) is 4.28. The van der Waals surface area contributed by atoms with Crippen LogP contribution in [-0.2, 0) is 6.54 Å². The molecule has 1 aliphatic heterocycles. The molecule has 2 heterocycles. The molecule has 0 aromatic carbocycles. The Bertz CT molecular complexity index is 419. The van der Waals surface area contributed by atoms with Crippen LogP contribution in [0.15, 0.2) is 18.5 Å². The van der Waals surface area contributed by atoms with Gasteiger partial charge in [0, 0.05) is 38.6 Å². The van der Waals surface area contributed by atoms with Crippen LogP contribution in [0.3, 0.4) is 0 Å². The summed E-state index contributed by atoms with van der Waals surface area (Å²) in [5, 5.41) is 4.22. The quantitative estimate of drug-likeness (QED) is 0.566. The minimum atomic E-state index is -0.223. The summed E-state index contributed by atoms with van der Waals surface area (Å²) in [7, 11) is 0. The molecule has 0 bridgehead atoms. The molecule has 0 radical (unpaired) electrons. The molecule has 0 saturated carbocycles. The second-order valence-electron chi connectivity index (χ2n) is 5.97. The summed E-state index contributed by atoms with van der Waals surface area (Å²) in [6.45, 7) is 7.60. The van der Waals surface area contributed by atoms with Crippen LogP contribution in [0.2, 0.25) is 0 Å². The van der Waals surface area contributed by atoms with Crippen molar-refractivity contribution in [1.29, 1.82) is 0 Å². The zero-order chi connectivity index (χ0) is 16.8. The number of nitrogens with two attached hydrogens (primary N) is 3. The van der Waals surface area contributed by atoms with Crippen LogP contribution in [0.25, 0.3) is 0 Å². The number of aryl methyl sites for hydroxylation is 1. The Morgan fingerprint density at radius 1 is 0.826 bits per heavy atom. The van der Waals surface area contributed by atoms with Crippen molar-refractivity contribution in [2.24, 2.45) is 17.2 Å². The molecule has 8 nitrogen and oxygen atoms in total. The molecule has 6 N–H and O–H groups in total. The van der Waals surface area contributed by atoms with Crippen molar-refractivity contribution in [3.8, 4) is 0 Å². The van der Waals surface area contributed by atoms with Gasteiger partial charge in [-0.05, 0) is 18.9 Å². The van der Waals surface area contributed by atoms with E-state index in [1.807, 2.05) is 23.1 Å². The Morgan fingerprint density at radius 2 is 1.39 bits per heavy atom. The average Bonchev–Trinajstić information content (AvgIpc) is 3.04. The summed E-state index contributed by atoms with van der Waals surface area (Å²) in [6.07, 6.45) is 6.44. The predicted molar refractivity (Wildman–Crippen MR) is 91.5 cm³/mol. The molecule has 2 unspecified atom stereocenters. The molecule has 1 aliphatic rings. The van der Waals surface area contributed by atoms with E-state index in [2.05, 4.69) is 33.6 Å². The predicted octanol–water partition coefficient (Wildman–Crippen LogP) is -0.260. The molecular weight excluding hydrogens is 292 g/mol. The maximum atomic E-state index is 6.37. The van der Waals surface area contributed by atoms with Crippen molar-refractivity contribution in [3.63, 3.8) is 0 Å². The number of unbranched alkanes of at least 4 members (excludes halogenated alkanes) is 2.